The Kier molecular flexibility index (Phi) is 5.34. The van der Waals surface area contributed by atoms with Crippen molar-refractivity contribution in [1.29, 1.82) is 0 Å². The van der Waals surface area contributed by atoms with Crippen molar-refractivity contribution in [3.8, 4) is 5.69 Å². The monoisotopic (exact) mass is 391 g/mol. The summed E-state index contributed by atoms with van der Waals surface area (Å²) < 4.78 is 2.97. The molecule has 0 spiro atoms. The van der Waals surface area contributed by atoms with Crippen LogP contribution in [0.3, 0.4) is 0 Å². The fraction of sp³-hybridized carbons (Fsp3) is 0.190. The Labute approximate surface area is 167 Å². The molecule has 2 heterocycles. The van der Waals surface area contributed by atoms with Gasteiger partial charge in [0.25, 0.3) is 0 Å². The molecule has 7 heteroatoms. The molecule has 28 heavy (non-hydrogen) atoms. The van der Waals surface area contributed by atoms with Gasteiger partial charge in [-0.3, -0.25) is 0 Å². The van der Waals surface area contributed by atoms with E-state index in [1.807, 2.05) is 53.3 Å². The summed E-state index contributed by atoms with van der Waals surface area (Å²) in [5, 5.41) is 8.13. The maximum absolute atomic E-state index is 12.3. The fourth-order valence-electron chi connectivity index (χ4n) is 2.95. The Balaban J connectivity index is 1.26. The van der Waals surface area contributed by atoms with Gasteiger partial charge in [0, 0.05) is 26.0 Å². The average molecular weight is 392 g/mol. The molecule has 0 aliphatic carbocycles. The first-order valence-corrected chi connectivity index (χ1v) is 9.93. The van der Waals surface area contributed by atoms with Gasteiger partial charge in [-0.1, -0.05) is 24.3 Å². The number of nitrogens with zero attached hydrogens (tertiary/aromatic N) is 4. The van der Waals surface area contributed by atoms with E-state index < -0.39 is 0 Å². The molecule has 0 saturated heterocycles. The lowest BCUT2D eigenvalue weighted by Gasteiger charge is -2.16. The molecule has 0 atom stereocenters. The molecule has 0 radical (unpaired) electrons. The molecule has 2 aromatic heterocycles. The van der Waals surface area contributed by atoms with Crippen molar-refractivity contribution in [2.24, 2.45) is 0 Å². The molecule has 0 aliphatic heterocycles. The maximum atomic E-state index is 12.3. The van der Waals surface area contributed by atoms with Crippen LogP contribution in [-0.2, 0) is 13.0 Å². The van der Waals surface area contributed by atoms with Gasteiger partial charge < -0.3 is 10.2 Å². The van der Waals surface area contributed by atoms with E-state index >= 15 is 0 Å². The summed E-state index contributed by atoms with van der Waals surface area (Å²) in [6.45, 7) is 1.09. The number of carbonyl (C=O) groups is 1. The highest BCUT2D eigenvalue weighted by molar-refractivity contribution is 7.18. The summed E-state index contributed by atoms with van der Waals surface area (Å²) in [6, 6.07) is 18.0. The zero-order valence-electron chi connectivity index (χ0n) is 15.6. The Hall–Kier alpha value is -3.19. The third-order valence-corrected chi connectivity index (χ3v) is 5.47. The summed E-state index contributed by atoms with van der Waals surface area (Å²) in [5.74, 6) is 0. The molecule has 0 aliphatic rings. The lowest BCUT2D eigenvalue weighted by molar-refractivity contribution is 0.207. The molecule has 0 fully saturated rings. The van der Waals surface area contributed by atoms with Crippen LogP contribution in [0.4, 0.5) is 4.79 Å². The fourth-order valence-corrected chi connectivity index (χ4v) is 3.97. The molecule has 0 unspecified atom stereocenters. The molecular formula is C21H21N5OS. The number of fused-ring (bicyclic) bond motifs is 1. The van der Waals surface area contributed by atoms with Gasteiger partial charge in [-0.2, -0.15) is 5.10 Å². The summed E-state index contributed by atoms with van der Waals surface area (Å²) in [5.41, 5.74) is 3.17. The SMILES string of the molecule is CN(Cc1nc2ccccc2s1)C(=O)NCCc1ccc(-n2cccn2)cc1. The third kappa shape index (κ3) is 4.20. The highest BCUT2D eigenvalue weighted by atomic mass is 32.1. The molecule has 6 nitrogen and oxygen atoms in total. The van der Waals surface area contributed by atoms with Crippen LogP contribution in [-0.4, -0.2) is 39.3 Å². The Bertz CT molecular complexity index is 1020. The standard InChI is InChI=1S/C21H21N5OS/c1-25(15-20-24-18-5-2-3-6-19(18)28-20)21(27)22-13-11-16-7-9-17(10-8-16)26-14-4-12-23-26/h2-10,12,14H,11,13,15H2,1H3,(H,22,27). The molecule has 4 aromatic rings. The van der Waals surface area contributed by atoms with Crippen LogP contribution in [0.2, 0.25) is 0 Å². The minimum Gasteiger partial charge on any atom is -0.338 e. The minimum absolute atomic E-state index is 0.0904. The third-order valence-electron chi connectivity index (χ3n) is 4.45. The second-order valence-electron chi connectivity index (χ2n) is 6.53. The topological polar surface area (TPSA) is 63.1 Å². The van der Waals surface area contributed by atoms with Gasteiger partial charge in [0.15, 0.2) is 0 Å². The number of rotatable bonds is 6. The number of urea groups is 1. The highest BCUT2D eigenvalue weighted by Crippen LogP contribution is 2.22. The van der Waals surface area contributed by atoms with E-state index in [9.17, 15) is 4.79 Å². The zero-order chi connectivity index (χ0) is 19.3. The number of para-hydroxylation sites is 1. The Morgan fingerprint density at radius 2 is 1.96 bits per heavy atom. The Morgan fingerprint density at radius 1 is 1.14 bits per heavy atom. The number of hydrogen-bond acceptors (Lipinski definition) is 4. The van der Waals surface area contributed by atoms with E-state index in [4.69, 9.17) is 0 Å². The predicted molar refractivity (Wildman–Crippen MR) is 112 cm³/mol. The van der Waals surface area contributed by atoms with E-state index in [1.54, 1.807) is 29.5 Å². The molecule has 0 saturated carbocycles. The number of amides is 2. The summed E-state index contributed by atoms with van der Waals surface area (Å²) in [6.07, 6.45) is 4.45. The predicted octanol–water partition coefficient (Wildman–Crippen LogP) is 3.87. The normalized spacial score (nSPS) is 10.9. The minimum atomic E-state index is -0.0904. The van der Waals surface area contributed by atoms with Crippen LogP contribution in [0.15, 0.2) is 67.0 Å². The van der Waals surface area contributed by atoms with E-state index in [2.05, 4.69) is 27.5 Å². The largest absolute Gasteiger partial charge is 0.338 e. The molecule has 2 aromatic carbocycles. The van der Waals surface area contributed by atoms with Crippen molar-refractivity contribution in [3.05, 3.63) is 77.6 Å². The molecule has 4 rings (SSSR count). The lowest BCUT2D eigenvalue weighted by atomic mass is 10.1. The van der Waals surface area contributed by atoms with Gasteiger partial charge in [0.2, 0.25) is 0 Å². The zero-order valence-corrected chi connectivity index (χ0v) is 16.4. The van der Waals surface area contributed by atoms with Crippen molar-refractivity contribution in [3.63, 3.8) is 0 Å². The van der Waals surface area contributed by atoms with Crippen LogP contribution < -0.4 is 5.32 Å². The summed E-state index contributed by atoms with van der Waals surface area (Å²) >= 11 is 1.62. The highest BCUT2D eigenvalue weighted by Gasteiger charge is 2.11. The van der Waals surface area contributed by atoms with Gasteiger partial charge in [0.05, 0.1) is 22.4 Å². The average Bonchev–Trinajstić information content (AvgIpc) is 3.38. The number of benzene rings is 2. The first-order chi connectivity index (χ1) is 13.7. The summed E-state index contributed by atoms with van der Waals surface area (Å²) in [4.78, 5) is 18.6. The van der Waals surface area contributed by atoms with E-state index in [0.29, 0.717) is 13.1 Å². The Morgan fingerprint density at radius 3 is 2.71 bits per heavy atom. The molecular weight excluding hydrogens is 370 g/mol. The van der Waals surface area contributed by atoms with E-state index in [-0.39, 0.29) is 6.03 Å². The van der Waals surface area contributed by atoms with Crippen LogP contribution >= 0.6 is 11.3 Å². The van der Waals surface area contributed by atoms with Crippen LogP contribution in [0.25, 0.3) is 15.9 Å². The number of aromatic nitrogens is 3. The van der Waals surface area contributed by atoms with Crippen molar-refractivity contribution in [2.45, 2.75) is 13.0 Å². The molecule has 1 N–H and O–H groups in total. The van der Waals surface area contributed by atoms with Crippen molar-refractivity contribution < 1.29 is 4.79 Å². The number of nitrogens with one attached hydrogen (secondary N) is 1. The van der Waals surface area contributed by atoms with Crippen LogP contribution in [0, 0.1) is 0 Å². The second kappa shape index (κ2) is 8.22. The van der Waals surface area contributed by atoms with Gasteiger partial charge in [-0.05, 0) is 42.3 Å². The smallest absolute Gasteiger partial charge is 0.317 e. The quantitative estimate of drug-likeness (QED) is 0.543. The number of hydrogen-bond donors (Lipinski definition) is 1. The van der Waals surface area contributed by atoms with Crippen molar-refractivity contribution in [1.82, 2.24) is 25.0 Å². The van der Waals surface area contributed by atoms with Gasteiger partial charge in [0.1, 0.15) is 5.01 Å². The van der Waals surface area contributed by atoms with E-state index in [0.717, 1.165) is 27.3 Å². The first kappa shape index (κ1) is 18.2. The van der Waals surface area contributed by atoms with Crippen LogP contribution in [0.5, 0.6) is 0 Å². The van der Waals surface area contributed by atoms with Gasteiger partial charge in [-0.15, -0.1) is 11.3 Å². The molecule has 0 bridgehead atoms. The van der Waals surface area contributed by atoms with Gasteiger partial charge >= 0.3 is 6.03 Å². The maximum Gasteiger partial charge on any atom is 0.317 e. The van der Waals surface area contributed by atoms with Crippen molar-refractivity contribution in [2.75, 3.05) is 13.6 Å². The lowest BCUT2D eigenvalue weighted by Crippen LogP contribution is -2.37. The number of carbonyl (C=O) groups excluding carboxylic acids is 1. The molecule has 142 valence electrons. The van der Waals surface area contributed by atoms with E-state index in [1.165, 1.54) is 5.56 Å². The second-order valence-corrected chi connectivity index (χ2v) is 7.65. The van der Waals surface area contributed by atoms with Gasteiger partial charge in [-0.25, -0.2) is 14.5 Å². The number of thiazole rings is 1. The van der Waals surface area contributed by atoms with Crippen molar-refractivity contribution >= 4 is 27.6 Å². The first-order valence-electron chi connectivity index (χ1n) is 9.11. The molecule has 2 amide bonds. The summed E-state index contributed by atoms with van der Waals surface area (Å²) in [7, 11) is 1.79. The van der Waals surface area contributed by atoms with Crippen LogP contribution in [0.1, 0.15) is 10.6 Å².